The zero-order chi connectivity index (χ0) is 22.7. The van der Waals surface area contributed by atoms with Crippen molar-refractivity contribution in [3.05, 3.63) is 87.2 Å². The molecular weight excluding hydrogens is 424 g/mol. The van der Waals surface area contributed by atoms with Crippen LogP contribution in [0.25, 0.3) is 5.69 Å². The van der Waals surface area contributed by atoms with Crippen LogP contribution in [-0.4, -0.2) is 28.8 Å². The third-order valence-corrected chi connectivity index (χ3v) is 6.44. The first-order valence-corrected chi connectivity index (χ1v) is 11.3. The van der Waals surface area contributed by atoms with Gasteiger partial charge in [0.05, 0.1) is 11.7 Å². The maximum Gasteiger partial charge on any atom is 0.271 e. The number of anilines is 1. The van der Waals surface area contributed by atoms with Gasteiger partial charge in [0.2, 0.25) is 5.91 Å². The van der Waals surface area contributed by atoms with Crippen molar-refractivity contribution in [3.63, 3.8) is 0 Å². The second-order valence-electron chi connectivity index (χ2n) is 8.28. The van der Waals surface area contributed by atoms with Crippen molar-refractivity contribution in [3.8, 4) is 5.69 Å². The summed E-state index contributed by atoms with van der Waals surface area (Å²) in [6, 6.07) is 18.7. The summed E-state index contributed by atoms with van der Waals surface area (Å²) in [6.07, 6.45) is 1.48. The van der Waals surface area contributed by atoms with E-state index >= 15 is 0 Å². The van der Waals surface area contributed by atoms with Crippen LogP contribution in [0, 0.1) is 12.8 Å². The lowest BCUT2D eigenvalue weighted by Crippen LogP contribution is -2.42. The summed E-state index contributed by atoms with van der Waals surface area (Å²) >= 11 is 6.23. The van der Waals surface area contributed by atoms with E-state index in [-0.39, 0.29) is 23.4 Å². The lowest BCUT2D eigenvalue weighted by atomic mass is 9.95. The van der Waals surface area contributed by atoms with Gasteiger partial charge in [-0.1, -0.05) is 48.0 Å². The molecule has 6 nitrogen and oxygen atoms in total. The number of amides is 1. The highest BCUT2D eigenvalue weighted by molar-refractivity contribution is 6.31. The summed E-state index contributed by atoms with van der Waals surface area (Å²) in [6.45, 7) is 5.34. The van der Waals surface area contributed by atoms with Gasteiger partial charge in [0, 0.05) is 30.1 Å². The topological polar surface area (TPSA) is 67.2 Å². The molecule has 4 rings (SSSR count). The highest BCUT2D eigenvalue weighted by Crippen LogP contribution is 2.24. The normalized spacial score (nSPS) is 15.4. The van der Waals surface area contributed by atoms with Crippen molar-refractivity contribution in [2.24, 2.45) is 5.92 Å². The predicted octanol–water partition coefficient (Wildman–Crippen LogP) is 4.29. The molecule has 0 bridgehead atoms. The Bertz CT molecular complexity index is 1150. The monoisotopic (exact) mass is 450 g/mol. The Balaban J connectivity index is 1.41. The third kappa shape index (κ3) is 4.86. The molecule has 1 amide bonds. The van der Waals surface area contributed by atoms with E-state index in [1.807, 2.05) is 56.3 Å². The SMILES string of the molecule is Cc1ccc(-n2nc(N3CCC(C(=O)NC(C)c4ccccc4)CC3)ccc2=O)cc1Cl. The fraction of sp³-hybridized carbons (Fsp3) is 0.320. The number of carbonyl (C=O) groups excluding carboxylic acids is 1. The summed E-state index contributed by atoms with van der Waals surface area (Å²) in [4.78, 5) is 27.3. The molecule has 2 heterocycles. The highest BCUT2D eigenvalue weighted by atomic mass is 35.5. The molecule has 0 spiro atoms. The Labute approximate surface area is 192 Å². The average Bonchev–Trinajstić information content (AvgIpc) is 2.82. The van der Waals surface area contributed by atoms with E-state index in [1.165, 1.54) is 10.7 Å². The van der Waals surface area contributed by atoms with Gasteiger partial charge in [0.1, 0.15) is 5.82 Å². The zero-order valence-corrected chi connectivity index (χ0v) is 19.0. The molecule has 1 aliphatic rings. The molecule has 1 unspecified atom stereocenters. The zero-order valence-electron chi connectivity index (χ0n) is 18.3. The molecule has 1 aromatic heterocycles. The van der Waals surface area contributed by atoms with Gasteiger partial charge in [-0.2, -0.15) is 4.68 Å². The quantitative estimate of drug-likeness (QED) is 0.629. The average molecular weight is 451 g/mol. The fourth-order valence-corrected chi connectivity index (χ4v) is 4.17. The number of aromatic nitrogens is 2. The van der Waals surface area contributed by atoms with Crippen molar-refractivity contribution in [1.82, 2.24) is 15.1 Å². The van der Waals surface area contributed by atoms with Crippen molar-refractivity contribution in [2.75, 3.05) is 18.0 Å². The van der Waals surface area contributed by atoms with E-state index in [0.717, 1.165) is 29.8 Å². The minimum Gasteiger partial charge on any atom is -0.355 e. The number of hydrogen-bond donors (Lipinski definition) is 1. The minimum atomic E-state index is -0.210. The third-order valence-electron chi connectivity index (χ3n) is 6.03. The Morgan fingerprint density at radius 1 is 1.09 bits per heavy atom. The molecule has 2 aromatic carbocycles. The molecule has 1 aliphatic heterocycles. The van der Waals surface area contributed by atoms with Crippen LogP contribution < -0.4 is 15.8 Å². The van der Waals surface area contributed by atoms with E-state index in [1.54, 1.807) is 12.1 Å². The van der Waals surface area contributed by atoms with Crippen LogP contribution in [0.3, 0.4) is 0 Å². The van der Waals surface area contributed by atoms with Gasteiger partial charge < -0.3 is 10.2 Å². The number of benzene rings is 2. The maximum absolute atomic E-state index is 12.8. The Morgan fingerprint density at radius 2 is 1.81 bits per heavy atom. The molecule has 7 heteroatoms. The number of nitrogens with one attached hydrogen (secondary N) is 1. The molecule has 1 N–H and O–H groups in total. The van der Waals surface area contributed by atoms with Gasteiger partial charge in [0.25, 0.3) is 5.56 Å². The fourth-order valence-electron chi connectivity index (χ4n) is 4.00. The number of carbonyl (C=O) groups is 1. The van der Waals surface area contributed by atoms with E-state index in [0.29, 0.717) is 23.8 Å². The first-order valence-electron chi connectivity index (χ1n) is 10.9. The largest absolute Gasteiger partial charge is 0.355 e. The van der Waals surface area contributed by atoms with Gasteiger partial charge in [-0.05, 0) is 56.0 Å². The first-order chi connectivity index (χ1) is 15.4. The summed E-state index contributed by atoms with van der Waals surface area (Å²) in [7, 11) is 0. The number of hydrogen-bond acceptors (Lipinski definition) is 4. The van der Waals surface area contributed by atoms with Gasteiger partial charge in [-0.3, -0.25) is 9.59 Å². The summed E-state index contributed by atoms with van der Waals surface area (Å²) in [5, 5.41) is 8.30. The molecule has 1 saturated heterocycles. The Morgan fingerprint density at radius 3 is 2.50 bits per heavy atom. The van der Waals surface area contributed by atoms with Crippen LogP contribution in [-0.2, 0) is 4.79 Å². The van der Waals surface area contributed by atoms with E-state index in [4.69, 9.17) is 11.6 Å². The molecule has 3 aromatic rings. The highest BCUT2D eigenvalue weighted by Gasteiger charge is 2.27. The van der Waals surface area contributed by atoms with Crippen LogP contribution in [0.1, 0.15) is 36.9 Å². The van der Waals surface area contributed by atoms with Crippen molar-refractivity contribution in [2.45, 2.75) is 32.7 Å². The summed E-state index contributed by atoms with van der Waals surface area (Å²) in [5.74, 6) is 0.783. The smallest absolute Gasteiger partial charge is 0.271 e. The van der Waals surface area contributed by atoms with Crippen LogP contribution in [0.15, 0.2) is 65.5 Å². The molecular formula is C25H27ClN4O2. The second kappa shape index (κ2) is 9.57. The number of halogens is 1. The number of rotatable bonds is 5. The number of aryl methyl sites for hydroxylation is 1. The van der Waals surface area contributed by atoms with Gasteiger partial charge in [0.15, 0.2) is 0 Å². The van der Waals surface area contributed by atoms with Crippen LogP contribution >= 0.6 is 11.6 Å². The minimum absolute atomic E-state index is 0.0201. The Kier molecular flexibility index (Phi) is 6.61. The number of nitrogens with zero attached hydrogens (tertiary/aromatic N) is 3. The van der Waals surface area contributed by atoms with E-state index in [2.05, 4.69) is 15.3 Å². The van der Waals surface area contributed by atoms with Crippen LogP contribution in [0.5, 0.6) is 0 Å². The van der Waals surface area contributed by atoms with Crippen LogP contribution in [0.2, 0.25) is 5.02 Å². The Hall–Kier alpha value is -3.12. The van der Waals surface area contributed by atoms with Crippen molar-refractivity contribution < 1.29 is 4.79 Å². The molecule has 0 aliphatic carbocycles. The van der Waals surface area contributed by atoms with E-state index < -0.39 is 0 Å². The van der Waals surface area contributed by atoms with Gasteiger partial charge in [-0.25, -0.2) is 0 Å². The molecule has 166 valence electrons. The lowest BCUT2D eigenvalue weighted by Gasteiger charge is -2.32. The summed E-state index contributed by atoms with van der Waals surface area (Å²) < 4.78 is 1.38. The second-order valence-corrected chi connectivity index (χ2v) is 8.68. The van der Waals surface area contributed by atoms with Gasteiger partial charge in [-0.15, -0.1) is 5.10 Å². The van der Waals surface area contributed by atoms with Crippen molar-refractivity contribution in [1.29, 1.82) is 0 Å². The molecule has 1 fully saturated rings. The van der Waals surface area contributed by atoms with Gasteiger partial charge >= 0.3 is 0 Å². The molecule has 0 saturated carbocycles. The standard InChI is InChI=1S/C25H27ClN4O2/c1-17-8-9-21(16-22(17)26)30-24(31)11-10-23(28-30)29-14-12-20(13-15-29)25(32)27-18(2)19-6-4-3-5-7-19/h3-11,16,18,20H,12-15H2,1-2H3,(H,27,32). The number of piperidine rings is 1. The molecule has 0 radical (unpaired) electrons. The molecule has 32 heavy (non-hydrogen) atoms. The maximum atomic E-state index is 12.8. The predicted molar refractivity (Wildman–Crippen MR) is 128 cm³/mol. The molecule has 1 atom stereocenters. The first kappa shape index (κ1) is 22.1. The lowest BCUT2D eigenvalue weighted by molar-refractivity contribution is -0.126. The van der Waals surface area contributed by atoms with Crippen LogP contribution in [0.4, 0.5) is 5.82 Å². The summed E-state index contributed by atoms with van der Waals surface area (Å²) in [5.41, 5.74) is 2.47. The van der Waals surface area contributed by atoms with Crippen molar-refractivity contribution >= 4 is 23.3 Å². The van der Waals surface area contributed by atoms with E-state index in [9.17, 15) is 9.59 Å².